The van der Waals surface area contributed by atoms with Crippen molar-refractivity contribution in [2.75, 3.05) is 7.05 Å². The largest absolute Gasteiger partial charge is 0.284 e. The van der Waals surface area contributed by atoms with Crippen molar-refractivity contribution in [2.24, 2.45) is 5.84 Å². The molecule has 0 aromatic carbocycles. The molecule has 0 saturated carbocycles. The first-order chi connectivity index (χ1) is 7.09. The number of carbonyl (C=O) groups excluding carboxylic acids is 1. The molecule has 2 N–H and O–H groups in total. The summed E-state index contributed by atoms with van der Waals surface area (Å²) < 4.78 is 1.14. The van der Waals surface area contributed by atoms with E-state index in [1.807, 2.05) is 0 Å². The number of nitrogens with two attached hydrogens (primary N) is 1. The van der Waals surface area contributed by atoms with E-state index >= 15 is 0 Å². The summed E-state index contributed by atoms with van der Waals surface area (Å²) in [6.45, 7) is 0. The van der Waals surface area contributed by atoms with Gasteiger partial charge in [-0.1, -0.05) is 0 Å². The van der Waals surface area contributed by atoms with Crippen LogP contribution < -0.4 is 5.84 Å². The molecule has 5 heteroatoms. The Balaban J connectivity index is 2.15. The molecule has 0 aliphatic heterocycles. The van der Waals surface area contributed by atoms with Crippen molar-refractivity contribution in [1.82, 2.24) is 5.01 Å². The summed E-state index contributed by atoms with van der Waals surface area (Å²) in [6.07, 6.45) is 3.51. The van der Waals surface area contributed by atoms with Crippen LogP contribution in [0.2, 0.25) is 0 Å². The minimum absolute atomic E-state index is 0.00219. The van der Waals surface area contributed by atoms with E-state index in [1.165, 1.54) is 4.88 Å². The van der Waals surface area contributed by atoms with Gasteiger partial charge in [-0.2, -0.15) is 0 Å². The topological polar surface area (TPSA) is 46.3 Å². The quantitative estimate of drug-likeness (QED) is 0.392. The van der Waals surface area contributed by atoms with Crippen LogP contribution >= 0.6 is 27.3 Å². The van der Waals surface area contributed by atoms with Crippen LogP contribution in [0.15, 0.2) is 15.9 Å². The second-order valence-electron chi connectivity index (χ2n) is 3.44. The molecule has 0 atom stereocenters. The molecule has 0 spiro atoms. The van der Waals surface area contributed by atoms with E-state index in [9.17, 15) is 4.79 Å². The number of halogens is 1. The molecule has 0 bridgehead atoms. The lowest BCUT2D eigenvalue weighted by Gasteiger charge is -2.08. The normalized spacial score (nSPS) is 10.3. The first-order valence-corrected chi connectivity index (χ1v) is 6.51. The molecule has 0 saturated heterocycles. The number of thiophene rings is 1. The van der Waals surface area contributed by atoms with E-state index < -0.39 is 0 Å². The zero-order valence-electron chi connectivity index (χ0n) is 8.70. The molecule has 1 amide bonds. The maximum absolute atomic E-state index is 11.2. The van der Waals surface area contributed by atoms with E-state index in [4.69, 9.17) is 5.84 Å². The highest BCUT2D eigenvalue weighted by Crippen LogP contribution is 2.21. The fourth-order valence-corrected chi connectivity index (χ4v) is 2.73. The number of hydrazine groups is 1. The van der Waals surface area contributed by atoms with Gasteiger partial charge >= 0.3 is 0 Å². The fourth-order valence-electron chi connectivity index (χ4n) is 1.24. The van der Waals surface area contributed by atoms with E-state index in [1.54, 1.807) is 18.4 Å². The Kier molecular flexibility index (Phi) is 5.28. The van der Waals surface area contributed by atoms with Gasteiger partial charge in [0.15, 0.2) is 0 Å². The minimum atomic E-state index is 0.00219. The summed E-state index contributed by atoms with van der Waals surface area (Å²) in [5.74, 6) is 5.31. The Morgan fingerprint density at radius 1 is 1.60 bits per heavy atom. The molecule has 1 aromatic heterocycles. The number of unbranched alkanes of at least 4 members (excludes halogenated alkanes) is 1. The van der Waals surface area contributed by atoms with Gasteiger partial charge in [-0.05, 0) is 41.3 Å². The van der Waals surface area contributed by atoms with Gasteiger partial charge in [-0.3, -0.25) is 9.80 Å². The van der Waals surface area contributed by atoms with Crippen LogP contribution in [-0.2, 0) is 11.2 Å². The summed E-state index contributed by atoms with van der Waals surface area (Å²) in [5, 5.41) is 3.23. The number of carbonyl (C=O) groups is 1. The molecular formula is C10H15BrN2OS. The second kappa shape index (κ2) is 6.25. The van der Waals surface area contributed by atoms with Crippen molar-refractivity contribution in [3.63, 3.8) is 0 Å². The summed E-state index contributed by atoms with van der Waals surface area (Å²) >= 11 is 5.16. The van der Waals surface area contributed by atoms with E-state index in [0.717, 1.165) is 28.7 Å². The van der Waals surface area contributed by atoms with E-state index in [-0.39, 0.29) is 5.91 Å². The van der Waals surface area contributed by atoms with E-state index in [0.29, 0.717) is 6.42 Å². The molecule has 1 heterocycles. The average molecular weight is 291 g/mol. The average Bonchev–Trinajstić information content (AvgIpc) is 2.58. The zero-order chi connectivity index (χ0) is 11.3. The molecule has 84 valence electrons. The summed E-state index contributed by atoms with van der Waals surface area (Å²) in [7, 11) is 1.58. The molecule has 0 unspecified atom stereocenters. The summed E-state index contributed by atoms with van der Waals surface area (Å²) in [6, 6.07) is 2.13. The molecule has 1 rings (SSSR count). The predicted molar refractivity (Wildman–Crippen MR) is 66.5 cm³/mol. The van der Waals surface area contributed by atoms with Crippen LogP contribution in [0.5, 0.6) is 0 Å². The number of hydrogen-bond donors (Lipinski definition) is 1. The highest BCUT2D eigenvalue weighted by molar-refractivity contribution is 9.10. The van der Waals surface area contributed by atoms with E-state index in [2.05, 4.69) is 27.4 Å². The maximum Gasteiger partial charge on any atom is 0.236 e. The van der Waals surface area contributed by atoms with Gasteiger partial charge in [0.25, 0.3) is 0 Å². The van der Waals surface area contributed by atoms with Crippen molar-refractivity contribution in [3.8, 4) is 0 Å². The lowest BCUT2D eigenvalue weighted by molar-refractivity contribution is -0.130. The molecule has 1 aromatic rings. The second-order valence-corrected chi connectivity index (χ2v) is 5.35. The first-order valence-electron chi connectivity index (χ1n) is 4.84. The van der Waals surface area contributed by atoms with Crippen LogP contribution in [-0.4, -0.2) is 18.0 Å². The van der Waals surface area contributed by atoms with Crippen molar-refractivity contribution in [1.29, 1.82) is 0 Å². The molecule has 3 nitrogen and oxygen atoms in total. The lowest BCUT2D eigenvalue weighted by Crippen LogP contribution is -2.32. The van der Waals surface area contributed by atoms with Crippen molar-refractivity contribution in [3.05, 3.63) is 20.8 Å². The number of hydrogen-bond acceptors (Lipinski definition) is 3. The van der Waals surface area contributed by atoms with Crippen molar-refractivity contribution in [2.45, 2.75) is 25.7 Å². The SMILES string of the molecule is CN(N)C(=O)CCCCc1cc(Br)cs1. The third-order valence-corrected chi connectivity index (χ3v) is 3.84. The Hall–Kier alpha value is -0.390. The maximum atomic E-state index is 11.2. The molecule has 0 aliphatic carbocycles. The Bertz CT molecular complexity index is 325. The number of rotatable bonds is 5. The Morgan fingerprint density at radius 3 is 2.87 bits per heavy atom. The van der Waals surface area contributed by atoms with Crippen LogP contribution in [0.4, 0.5) is 0 Å². The van der Waals surface area contributed by atoms with Crippen LogP contribution in [0.25, 0.3) is 0 Å². The number of nitrogens with zero attached hydrogens (tertiary/aromatic N) is 1. The Labute approximate surface area is 102 Å². The molecular weight excluding hydrogens is 276 g/mol. The van der Waals surface area contributed by atoms with Gasteiger partial charge in [-0.15, -0.1) is 11.3 Å². The smallest absolute Gasteiger partial charge is 0.236 e. The monoisotopic (exact) mass is 290 g/mol. The van der Waals surface area contributed by atoms with Crippen LogP contribution in [0, 0.1) is 0 Å². The fraction of sp³-hybridized carbons (Fsp3) is 0.500. The van der Waals surface area contributed by atoms with Crippen LogP contribution in [0.1, 0.15) is 24.1 Å². The molecule has 0 radical (unpaired) electrons. The molecule has 15 heavy (non-hydrogen) atoms. The summed E-state index contributed by atoms with van der Waals surface area (Å²) in [5.41, 5.74) is 0. The predicted octanol–water partition coefficient (Wildman–Crippen LogP) is 2.56. The van der Waals surface area contributed by atoms with Gasteiger partial charge in [-0.25, -0.2) is 5.84 Å². The number of amides is 1. The standard InChI is InChI=1S/C10H15BrN2OS/c1-13(12)10(14)5-3-2-4-9-6-8(11)7-15-9/h6-7H,2-5,12H2,1H3. The molecule has 0 fully saturated rings. The van der Waals surface area contributed by atoms with Crippen molar-refractivity contribution >= 4 is 33.2 Å². The van der Waals surface area contributed by atoms with Gasteiger partial charge in [0.2, 0.25) is 5.91 Å². The lowest BCUT2D eigenvalue weighted by atomic mass is 10.1. The van der Waals surface area contributed by atoms with Gasteiger partial charge in [0, 0.05) is 28.2 Å². The summed E-state index contributed by atoms with van der Waals surface area (Å²) in [4.78, 5) is 12.5. The highest BCUT2D eigenvalue weighted by atomic mass is 79.9. The van der Waals surface area contributed by atoms with Gasteiger partial charge in [0.05, 0.1) is 0 Å². The number of aryl methyl sites for hydroxylation is 1. The minimum Gasteiger partial charge on any atom is -0.284 e. The third-order valence-electron chi connectivity index (χ3n) is 2.08. The van der Waals surface area contributed by atoms with Gasteiger partial charge < -0.3 is 0 Å². The third kappa shape index (κ3) is 4.77. The van der Waals surface area contributed by atoms with Gasteiger partial charge in [0.1, 0.15) is 0 Å². The molecule has 0 aliphatic rings. The van der Waals surface area contributed by atoms with Crippen LogP contribution in [0.3, 0.4) is 0 Å². The zero-order valence-corrected chi connectivity index (χ0v) is 11.1. The van der Waals surface area contributed by atoms with Crippen molar-refractivity contribution < 1.29 is 4.79 Å². The highest BCUT2D eigenvalue weighted by Gasteiger charge is 2.04. The first kappa shape index (κ1) is 12.7. The Morgan fingerprint density at radius 2 is 2.33 bits per heavy atom.